The Morgan fingerprint density at radius 3 is 2.70 bits per heavy atom. The molecule has 2 nitrogen and oxygen atoms in total. The van der Waals surface area contributed by atoms with Gasteiger partial charge in [-0.25, -0.2) is 0 Å². The first-order valence-corrected chi connectivity index (χ1v) is 8.28. The highest BCUT2D eigenvalue weighted by Crippen LogP contribution is 2.32. The van der Waals surface area contributed by atoms with Crippen LogP contribution in [0.1, 0.15) is 17.5 Å². The van der Waals surface area contributed by atoms with Crippen LogP contribution in [0.3, 0.4) is 0 Å². The van der Waals surface area contributed by atoms with Gasteiger partial charge in [0.2, 0.25) is 0 Å². The fraction of sp³-hybridized carbons (Fsp3) is 0.238. The summed E-state index contributed by atoms with van der Waals surface area (Å²) in [5, 5.41) is 4.76. The third-order valence-corrected chi connectivity index (χ3v) is 4.75. The van der Waals surface area contributed by atoms with Gasteiger partial charge >= 0.3 is 0 Å². The highest BCUT2D eigenvalue weighted by molar-refractivity contribution is 5.96. The average molecular weight is 302 g/mol. The van der Waals surface area contributed by atoms with Crippen molar-refractivity contribution in [2.24, 2.45) is 7.05 Å². The minimum atomic E-state index is 0.975. The zero-order valence-corrected chi connectivity index (χ0v) is 13.8. The second kappa shape index (κ2) is 5.71. The lowest BCUT2D eigenvalue weighted by molar-refractivity contribution is 0.738. The highest BCUT2D eigenvalue weighted by atomic mass is 14.9. The average Bonchev–Trinajstić information content (AvgIpc) is 2.92. The fourth-order valence-electron chi connectivity index (χ4n) is 3.52. The van der Waals surface area contributed by atoms with Crippen LogP contribution < -0.4 is 5.32 Å². The van der Waals surface area contributed by atoms with Crippen LogP contribution >= 0.6 is 0 Å². The summed E-state index contributed by atoms with van der Waals surface area (Å²) in [6, 6.07) is 15.6. The van der Waals surface area contributed by atoms with Crippen LogP contribution in [0.25, 0.3) is 27.6 Å². The third kappa shape index (κ3) is 2.60. The molecule has 0 aliphatic carbocycles. The fourth-order valence-corrected chi connectivity index (χ4v) is 3.52. The van der Waals surface area contributed by atoms with Gasteiger partial charge in [0, 0.05) is 36.3 Å². The van der Waals surface area contributed by atoms with E-state index in [4.69, 9.17) is 0 Å². The molecule has 0 unspecified atom stereocenters. The van der Waals surface area contributed by atoms with Gasteiger partial charge < -0.3 is 9.88 Å². The molecule has 1 N–H and O–H groups in total. The molecule has 0 amide bonds. The van der Waals surface area contributed by atoms with Gasteiger partial charge in [-0.3, -0.25) is 0 Å². The van der Waals surface area contributed by atoms with Crippen LogP contribution in [0.5, 0.6) is 0 Å². The second-order valence-corrected chi connectivity index (χ2v) is 6.44. The first kappa shape index (κ1) is 14.3. The van der Waals surface area contributed by atoms with E-state index in [9.17, 15) is 0 Å². The molecule has 23 heavy (non-hydrogen) atoms. The van der Waals surface area contributed by atoms with Crippen molar-refractivity contribution in [3.05, 3.63) is 65.9 Å². The minimum Gasteiger partial charge on any atom is -0.350 e. The summed E-state index contributed by atoms with van der Waals surface area (Å²) in [6.45, 7) is 4.19. The van der Waals surface area contributed by atoms with Crippen molar-refractivity contribution in [3.8, 4) is 11.1 Å². The first-order chi connectivity index (χ1) is 11.2. The van der Waals surface area contributed by atoms with Gasteiger partial charge in [0.15, 0.2) is 0 Å². The summed E-state index contributed by atoms with van der Waals surface area (Å²) in [5.41, 5.74) is 8.05. The first-order valence-electron chi connectivity index (χ1n) is 8.28. The Kier molecular flexibility index (Phi) is 3.55. The number of benzene rings is 2. The Hall–Kier alpha value is -2.32. The van der Waals surface area contributed by atoms with E-state index in [1.54, 1.807) is 0 Å². The predicted molar refractivity (Wildman–Crippen MR) is 98.6 cm³/mol. The normalized spacial score (nSPS) is 15.0. The van der Waals surface area contributed by atoms with Gasteiger partial charge in [-0.2, -0.15) is 0 Å². The molecule has 116 valence electrons. The molecule has 1 aliphatic rings. The maximum Gasteiger partial charge on any atom is 0.0484 e. The Morgan fingerprint density at radius 1 is 1.04 bits per heavy atom. The second-order valence-electron chi connectivity index (χ2n) is 6.44. The highest BCUT2D eigenvalue weighted by Gasteiger charge is 2.13. The van der Waals surface area contributed by atoms with Gasteiger partial charge in [0.05, 0.1) is 0 Å². The molecule has 3 aromatic rings. The lowest BCUT2D eigenvalue weighted by Gasteiger charge is -2.13. The van der Waals surface area contributed by atoms with Crippen molar-refractivity contribution < 1.29 is 0 Å². The maximum absolute atomic E-state index is 3.40. The molecule has 1 aromatic heterocycles. The van der Waals surface area contributed by atoms with Gasteiger partial charge in [-0.1, -0.05) is 42.0 Å². The number of hydrogen-bond acceptors (Lipinski definition) is 1. The molecule has 0 atom stereocenters. The quantitative estimate of drug-likeness (QED) is 0.736. The summed E-state index contributed by atoms with van der Waals surface area (Å²) in [7, 11) is 2.14. The van der Waals surface area contributed by atoms with Crippen molar-refractivity contribution in [3.63, 3.8) is 0 Å². The van der Waals surface area contributed by atoms with Crippen LogP contribution in [-0.2, 0) is 7.05 Å². The number of nitrogens with zero attached hydrogens (tertiary/aromatic N) is 1. The topological polar surface area (TPSA) is 17.0 Å². The number of rotatable bonds is 2. The zero-order valence-electron chi connectivity index (χ0n) is 13.8. The van der Waals surface area contributed by atoms with Gasteiger partial charge in [-0.15, -0.1) is 0 Å². The Labute approximate surface area is 137 Å². The summed E-state index contributed by atoms with van der Waals surface area (Å²) in [6.07, 6.45) is 5.72. The van der Waals surface area contributed by atoms with Crippen molar-refractivity contribution >= 4 is 16.5 Å². The van der Waals surface area contributed by atoms with E-state index in [0.29, 0.717) is 0 Å². The summed E-state index contributed by atoms with van der Waals surface area (Å²) in [4.78, 5) is 0. The predicted octanol–water partition coefficient (Wildman–Crippen LogP) is 4.53. The number of fused-ring (bicyclic) bond motifs is 1. The largest absolute Gasteiger partial charge is 0.350 e. The monoisotopic (exact) mass is 302 g/mol. The molecular formula is C21H22N2. The van der Waals surface area contributed by atoms with E-state index in [0.717, 1.165) is 19.5 Å². The Morgan fingerprint density at radius 2 is 1.91 bits per heavy atom. The van der Waals surface area contributed by atoms with E-state index >= 15 is 0 Å². The molecule has 1 aliphatic heterocycles. The van der Waals surface area contributed by atoms with Crippen molar-refractivity contribution in [1.29, 1.82) is 0 Å². The van der Waals surface area contributed by atoms with Crippen LogP contribution in [0.4, 0.5) is 0 Å². The molecular weight excluding hydrogens is 280 g/mol. The van der Waals surface area contributed by atoms with Crippen LogP contribution in [0, 0.1) is 6.92 Å². The number of nitrogens with one attached hydrogen (secondary N) is 1. The molecule has 0 saturated carbocycles. The van der Waals surface area contributed by atoms with E-state index in [-0.39, 0.29) is 0 Å². The Balaban J connectivity index is 1.88. The summed E-state index contributed by atoms with van der Waals surface area (Å²) >= 11 is 0. The molecule has 0 saturated heterocycles. The van der Waals surface area contributed by atoms with Crippen molar-refractivity contribution in [1.82, 2.24) is 9.88 Å². The van der Waals surface area contributed by atoms with E-state index in [2.05, 4.69) is 78.6 Å². The van der Waals surface area contributed by atoms with E-state index < -0.39 is 0 Å². The van der Waals surface area contributed by atoms with Crippen molar-refractivity contribution in [2.75, 3.05) is 13.1 Å². The SMILES string of the molecule is Cc1cccc(-c2ccc3c(c2)c(C2=CCNCC2)cn3C)c1. The standard InChI is InChI=1S/C21H22N2/c1-15-4-3-5-17(12-15)18-6-7-21-19(13-18)20(14-23(21)2)16-8-10-22-11-9-16/h3-8,12-14,22H,9-11H2,1-2H3. The maximum atomic E-state index is 3.40. The summed E-state index contributed by atoms with van der Waals surface area (Å²) in [5.74, 6) is 0. The molecule has 4 rings (SSSR count). The molecule has 0 bridgehead atoms. The molecule has 0 radical (unpaired) electrons. The molecule has 0 spiro atoms. The lowest BCUT2D eigenvalue weighted by Crippen LogP contribution is -2.19. The lowest BCUT2D eigenvalue weighted by atomic mass is 9.96. The smallest absolute Gasteiger partial charge is 0.0484 e. The van der Waals surface area contributed by atoms with Gasteiger partial charge in [0.25, 0.3) is 0 Å². The van der Waals surface area contributed by atoms with Crippen LogP contribution in [0.2, 0.25) is 0 Å². The van der Waals surface area contributed by atoms with Gasteiger partial charge in [0.1, 0.15) is 0 Å². The third-order valence-electron chi connectivity index (χ3n) is 4.75. The number of aryl methyl sites for hydroxylation is 2. The molecule has 0 fully saturated rings. The van der Waals surface area contributed by atoms with E-state index in [1.165, 1.54) is 38.7 Å². The molecule has 2 heterocycles. The number of hydrogen-bond donors (Lipinski definition) is 1. The van der Waals surface area contributed by atoms with Gasteiger partial charge in [-0.05, 0) is 48.7 Å². The Bertz CT molecular complexity index is 899. The zero-order chi connectivity index (χ0) is 15.8. The van der Waals surface area contributed by atoms with Crippen LogP contribution in [0.15, 0.2) is 54.7 Å². The van der Waals surface area contributed by atoms with E-state index in [1.807, 2.05) is 0 Å². The minimum absolute atomic E-state index is 0.975. The van der Waals surface area contributed by atoms with Crippen LogP contribution in [-0.4, -0.2) is 17.7 Å². The van der Waals surface area contributed by atoms with Crippen molar-refractivity contribution in [2.45, 2.75) is 13.3 Å². The number of aromatic nitrogens is 1. The summed E-state index contributed by atoms with van der Waals surface area (Å²) < 4.78 is 2.24. The molecule has 2 heteroatoms. The molecule has 2 aromatic carbocycles.